The van der Waals surface area contributed by atoms with E-state index in [9.17, 15) is 5.11 Å². The maximum Gasteiger partial charge on any atom is 0.222 e. The highest BCUT2D eigenvalue weighted by molar-refractivity contribution is 5.51. The maximum atomic E-state index is 9.47. The van der Waals surface area contributed by atoms with Gasteiger partial charge in [-0.3, -0.25) is 0 Å². The van der Waals surface area contributed by atoms with Crippen molar-refractivity contribution in [2.45, 2.75) is 38.6 Å². The molecule has 0 fully saturated rings. The van der Waals surface area contributed by atoms with Gasteiger partial charge in [0.05, 0.1) is 32.6 Å². The van der Waals surface area contributed by atoms with Gasteiger partial charge in [-0.25, -0.2) is 4.98 Å². The lowest BCUT2D eigenvalue weighted by Crippen LogP contribution is -2.24. The van der Waals surface area contributed by atoms with E-state index in [1.165, 1.54) is 5.56 Å². The zero-order chi connectivity index (χ0) is 18.8. The van der Waals surface area contributed by atoms with Crippen LogP contribution in [0.25, 0.3) is 0 Å². The van der Waals surface area contributed by atoms with Crippen LogP contribution in [0.2, 0.25) is 0 Å². The highest BCUT2D eigenvalue weighted by Crippen LogP contribution is 2.23. The fourth-order valence-corrected chi connectivity index (χ4v) is 2.59. The van der Waals surface area contributed by atoms with Crippen LogP contribution < -0.4 is 20.5 Å². The summed E-state index contributed by atoms with van der Waals surface area (Å²) in [5, 5.41) is 12.7. The molecular weight excluding hydrogens is 332 g/mol. The Morgan fingerprint density at radius 1 is 1.27 bits per heavy atom. The molecule has 1 atom stereocenters. The molecule has 0 saturated heterocycles. The molecule has 0 bridgehead atoms. The Balaban J connectivity index is 1.89. The van der Waals surface area contributed by atoms with Crippen molar-refractivity contribution in [1.29, 1.82) is 0 Å². The first-order valence-corrected chi connectivity index (χ1v) is 8.91. The first kappa shape index (κ1) is 19.8. The Morgan fingerprint density at radius 3 is 2.69 bits per heavy atom. The summed E-state index contributed by atoms with van der Waals surface area (Å²) in [6.07, 6.45) is 5.11. The van der Waals surface area contributed by atoms with Gasteiger partial charge in [-0.05, 0) is 37.0 Å². The van der Waals surface area contributed by atoms with Crippen molar-refractivity contribution in [3.05, 3.63) is 36.0 Å². The molecule has 0 radical (unpaired) electrons. The molecule has 0 saturated carbocycles. The number of hydrogen-bond donors (Lipinski definition) is 3. The van der Waals surface area contributed by atoms with E-state index in [2.05, 4.69) is 34.3 Å². The molecule has 2 rings (SSSR count). The van der Waals surface area contributed by atoms with Crippen LogP contribution in [0.15, 0.2) is 30.5 Å². The Kier molecular flexibility index (Phi) is 7.95. The maximum absolute atomic E-state index is 9.47. The van der Waals surface area contributed by atoms with Crippen molar-refractivity contribution in [2.75, 3.05) is 31.4 Å². The molecule has 1 aromatic heterocycles. The molecule has 26 heavy (non-hydrogen) atoms. The molecular formula is C19H28N4O3. The quantitative estimate of drug-likeness (QED) is 0.529. The number of aryl methyl sites for hydroxylation is 1. The fraction of sp³-hybridized carbons (Fsp3) is 0.474. The number of methoxy groups -OCH3 is 1. The van der Waals surface area contributed by atoms with Gasteiger partial charge in [-0.2, -0.15) is 4.98 Å². The second-order valence-corrected chi connectivity index (χ2v) is 6.05. The highest BCUT2D eigenvalue weighted by Gasteiger charge is 2.13. The van der Waals surface area contributed by atoms with E-state index in [-0.39, 0.29) is 18.6 Å². The van der Waals surface area contributed by atoms with Gasteiger partial charge in [0.1, 0.15) is 5.75 Å². The lowest BCUT2D eigenvalue weighted by atomic mass is 10.1. The van der Waals surface area contributed by atoms with Gasteiger partial charge in [-0.1, -0.05) is 25.5 Å². The van der Waals surface area contributed by atoms with Crippen molar-refractivity contribution in [2.24, 2.45) is 0 Å². The number of aromatic nitrogens is 2. The first-order chi connectivity index (χ1) is 12.7. The molecule has 1 heterocycles. The van der Waals surface area contributed by atoms with Crippen LogP contribution in [0, 0.1) is 0 Å². The van der Waals surface area contributed by atoms with Crippen LogP contribution in [0.5, 0.6) is 11.5 Å². The first-order valence-electron chi connectivity index (χ1n) is 8.91. The van der Waals surface area contributed by atoms with E-state index < -0.39 is 0 Å². The average molecular weight is 360 g/mol. The second-order valence-electron chi connectivity index (χ2n) is 6.05. The minimum Gasteiger partial charge on any atom is -0.497 e. The monoisotopic (exact) mass is 360 g/mol. The molecule has 0 aliphatic rings. The number of benzene rings is 1. The number of nitrogens with one attached hydrogen (secondary N) is 1. The summed E-state index contributed by atoms with van der Waals surface area (Å²) in [6, 6.07) is 7.92. The number of ether oxygens (including phenoxy) is 2. The SMILES string of the molecule is CCC[C@@H](CO)Nc1nc(N)ncc1OCCCc1ccc(OC)cc1. The Hall–Kier alpha value is -2.54. The minimum absolute atomic E-state index is 0.0225. The van der Waals surface area contributed by atoms with Crippen molar-refractivity contribution in [3.8, 4) is 11.5 Å². The van der Waals surface area contributed by atoms with Gasteiger partial charge >= 0.3 is 0 Å². The number of hydrogen-bond acceptors (Lipinski definition) is 7. The van der Waals surface area contributed by atoms with Gasteiger partial charge in [-0.15, -0.1) is 0 Å². The topological polar surface area (TPSA) is 103 Å². The van der Waals surface area contributed by atoms with Crippen molar-refractivity contribution in [3.63, 3.8) is 0 Å². The van der Waals surface area contributed by atoms with E-state index in [0.717, 1.165) is 31.4 Å². The van der Waals surface area contributed by atoms with Crippen molar-refractivity contribution < 1.29 is 14.6 Å². The van der Waals surface area contributed by atoms with E-state index in [1.54, 1.807) is 13.3 Å². The van der Waals surface area contributed by atoms with Crippen LogP contribution >= 0.6 is 0 Å². The summed E-state index contributed by atoms with van der Waals surface area (Å²) < 4.78 is 11.0. The molecule has 2 aromatic rings. The standard InChI is InChI=1S/C19H28N4O3/c1-3-5-15(13-24)22-18-17(12-21-19(20)23-18)26-11-4-6-14-7-9-16(25-2)10-8-14/h7-10,12,15,24H,3-6,11,13H2,1-2H3,(H3,20,21,22,23)/t15-/m0/s1. The van der Waals surface area contributed by atoms with Gasteiger partial charge in [0.25, 0.3) is 0 Å². The van der Waals surface area contributed by atoms with E-state index in [0.29, 0.717) is 18.2 Å². The normalized spacial score (nSPS) is 11.8. The van der Waals surface area contributed by atoms with Gasteiger partial charge < -0.3 is 25.6 Å². The van der Waals surface area contributed by atoms with Gasteiger partial charge in [0, 0.05) is 0 Å². The molecule has 4 N–H and O–H groups in total. The van der Waals surface area contributed by atoms with Crippen LogP contribution in [0.1, 0.15) is 31.7 Å². The summed E-state index contributed by atoms with van der Waals surface area (Å²) in [4.78, 5) is 8.20. The number of nitrogen functional groups attached to an aromatic ring is 1. The molecule has 7 nitrogen and oxygen atoms in total. The number of nitrogens with zero attached hydrogens (tertiary/aromatic N) is 2. The predicted molar refractivity (Wildman–Crippen MR) is 103 cm³/mol. The Labute approximate surface area is 154 Å². The molecule has 7 heteroatoms. The van der Waals surface area contributed by atoms with E-state index >= 15 is 0 Å². The van der Waals surface area contributed by atoms with Gasteiger partial charge in [0.2, 0.25) is 5.95 Å². The fourth-order valence-electron chi connectivity index (χ4n) is 2.59. The lowest BCUT2D eigenvalue weighted by Gasteiger charge is -2.18. The summed E-state index contributed by atoms with van der Waals surface area (Å²) >= 11 is 0. The third kappa shape index (κ3) is 6.07. The number of rotatable bonds is 11. The number of nitrogens with two attached hydrogens (primary N) is 1. The smallest absolute Gasteiger partial charge is 0.222 e. The zero-order valence-corrected chi connectivity index (χ0v) is 15.4. The average Bonchev–Trinajstić information content (AvgIpc) is 2.66. The molecule has 0 amide bonds. The number of aliphatic hydroxyl groups is 1. The third-order valence-electron chi connectivity index (χ3n) is 4.00. The van der Waals surface area contributed by atoms with E-state index in [1.807, 2.05) is 12.1 Å². The van der Waals surface area contributed by atoms with Crippen molar-refractivity contribution in [1.82, 2.24) is 9.97 Å². The molecule has 0 aliphatic heterocycles. The summed E-state index contributed by atoms with van der Waals surface area (Å²) in [5.74, 6) is 2.09. The van der Waals surface area contributed by atoms with Crippen molar-refractivity contribution >= 4 is 11.8 Å². The molecule has 0 aliphatic carbocycles. The minimum atomic E-state index is -0.0871. The van der Waals surface area contributed by atoms with Crippen LogP contribution in [0.3, 0.4) is 0 Å². The van der Waals surface area contributed by atoms with Gasteiger partial charge in [0.15, 0.2) is 11.6 Å². The molecule has 0 spiro atoms. The zero-order valence-electron chi connectivity index (χ0n) is 15.4. The predicted octanol–water partition coefficient (Wildman–Crippen LogP) is 2.65. The van der Waals surface area contributed by atoms with Crippen LogP contribution in [-0.2, 0) is 6.42 Å². The van der Waals surface area contributed by atoms with E-state index in [4.69, 9.17) is 15.2 Å². The largest absolute Gasteiger partial charge is 0.497 e. The summed E-state index contributed by atoms with van der Waals surface area (Å²) in [7, 11) is 1.66. The number of aliphatic hydroxyl groups excluding tert-OH is 1. The molecule has 142 valence electrons. The number of anilines is 2. The Morgan fingerprint density at radius 2 is 2.04 bits per heavy atom. The highest BCUT2D eigenvalue weighted by atomic mass is 16.5. The molecule has 1 aromatic carbocycles. The molecule has 0 unspecified atom stereocenters. The third-order valence-corrected chi connectivity index (χ3v) is 4.00. The Bertz CT molecular complexity index is 664. The van der Waals surface area contributed by atoms with Crippen LogP contribution in [0.4, 0.5) is 11.8 Å². The summed E-state index contributed by atoms with van der Waals surface area (Å²) in [5.41, 5.74) is 6.91. The summed E-state index contributed by atoms with van der Waals surface area (Å²) in [6.45, 7) is 2.62. The van der Waals surface area contributed by atoms with Crippen LogP contribution in [-0.4, -0.2) is 41.4 Å². The second kappa shape index (κ2) is 10.5. The lowest BCUT2D eigenvalue weighted by molar-refractivity contribution is 0.267.